The second kappa shape index (κ2) is 12.0. The minimum absolute atomic E-state index is 0.496. The van der Waals surface area contributed by atoms with Gasteiger partial charge >= 0.3 is 0 Å². The molecule has 1 heterocycles. The standard InChI is InChI=1S/C46H31N3/c1-6-16-32(17-7-1)35-26-28-41-39(30-35)40-31-36(27-29-42(40)46(41,37-22-12-4-13-23-37)38-24-14-5-15-25-38)45-48-43(33-18-8-2-9-19-33)47-44(49-45)34-20-10-3-11-21-34/h1-31H. The average Bonchev–Trinajstić information content (AvgIpc) is 3.49. The maximum Gasteiger partial charge on any atom is 0.164 e. The molecule has 1 aromatic heterocycles. The van der Waals surface area contributed by atoms with E-state index in [1.54, 1.807) is 0 Å². The Kier molecular flexibility index (Phi) is 7.02. The van der Waals surface area contributed by atoms with Gasteiger partial charge in [0.2, 0.25) is 0 Å². The topological polar surface area (TPSA) is 38.7 Å². The van der Waals surface area contributed by atoms with Crippen molar-refractivity contribution in [1.29, 1.82) is 0 Å². The third-order valence-corrected chi connectivity index (χ3v) is 9.62. The Labute approximate surface area is 286 Å². The summed E-state index contributed by atoms with van der Waals surface area (Å²) in [5, 5.41) is 0. The zero-order valence-corrected chi connectivity index (χ0v) is 26.7. The molecule has 8 aromatic rings. The molecular formula is C46H31N3. The van der Waals surface area contributed by atoms with Gasteiger partial charge in [-0.3, -0.25) is 0 Å². The number of nitrogens with zero attached hydrogens (tertiary/aromatic N) is 3. The summed E-state index contributed by atoms with van der Waals surface area (Å²) in [4.78, 5) is 15.1. The Morgan fingerprint density at radius 2 is 0.633 bits per heavy atom. The largest absolute Gasteiger partial charge is 0.208 e. The zero-order chi connectivity index (χ0) is 32.6. The molecule has 0 amide bonds. The van der Waals surface area contributed by atoms with E-state index in [0.29, 0.717) is 17.5 Å². The normalized spacial score (nSPS) is 12.7. The molecule has 3 nitrogen and oxygen atoms in total. The number of fused-ring (bicyclic) bond motifs is 3. The van der Waals surface area contributed by atoms with Gasteiger partial charge in [-0.2, -0.15) is 0 Å². The molecule has 3 heteroatoms. The molecule has 230 valence electrons. The molecule has 0 spiro atoms. The van der Waals surface area contributed by atoms with Crippen LogP contribution < -0.4 is 0 Å². The van der Waals surface area contributed by atoms with Gasteiger partial charge in [0.15, 0.2) is 17.5 Å². The lowest BCUT2D eigenvalue weighted by atomic mass is 9.67. The van der Waals surface area contributed by atoms with E-state index in [0.717, 1.165) is 16.7 Å². The van der Waals surface area contributed by atoms with Gasteiger partial charge < -0.3 is 0 Å². The molecule has 0 fully saturated rings. The Morgan fingerprint density at radius 1 is 0.286 bits per heavy atom. The summed E-state index contributed by atoms with van der Waals surface area (Å²) < 4.78 is 0. The van der Waals surface area contributed by atoms with Crippen LogP contribution in [0.5, 0.6) is 0 Å². The number of hydrogen-bond donors (Lipinski definition) is 0. The van der Waals surface area contributed by atoms with E-state index in [-0.39, 0.29) is 0 Å². The maximum atomic E-state index is 5.08. The molecular weight excluding hydrogens is 595 g/mol. The van der Waals surface area contributed by atoms with Crippen molar-refractivity contribution in [3.8, 4) is 56.4 Å². The van der Waals surface area contributed by atoms with E-state index < -0.39 is 5.41 Å². The van der Waals surface area contributed by atoms with Crippen LogP contribution in [0.4, 0.5) is 0 Å². The summed E-state index contributed by atoms with van der Waals surface area (Å²) in [5.74, 6) is 1.95. The smallest absolute Gasteiger partial charge is 0.164 e. The highest BCUT2D eigenvalue weighted by molar-refractivity contribution is 5.90. The van der Waals surface area contributed by atoms with Crippen LogP contribution in [-0.2, 0) is 5.41 Å². The van der Waals surface area contributed by atoms with Crippen molar-refractivity contribution in [3.63, 3.8) is 0 Å². The van der Waals surface area contributed by atoms with Crippen LogP contribution in [0.3, 0.4) is 0 Å². The molecule has 0 bridgehead atoms. The number of benzene rings is 7. The second-order valence-corrected chi connectivity index (χ2v) is 12.4. The van der Waals surface area contributed by atoms with Gasteiger partial charge in [0.25, 0.3) is 0 Å². The lowest BCUT2D eigenvalue weighted by Crippen LogP contribution is -2.28. The Bertz CT molecular complexity index is 2310. The fourth-order valence-corrected chi connectivity index (χ4v) is 7.39. The molecule has 1 aliphatic rings. The molecule has 0 saturated carbocycles. The van der Waals surface area contributed by atoms with Crippen LogP contribution in [0.25, 0.3) is 56.4 Å². The summed E-state index contributed by atoms with van der Waals surface area (Å²) >= 11 is 0. The monoisotopic (exact) mass is 625 g/mol. The van der Waals surface area contributed by atoms with Crippen LogP contribution in [0.2, 0.25) is 0 Å². The van der Waals surface area contributed by atoms with Gasteiger partial charge in [-0.25, -0.2) is 15.0 Å². The van der Waals surface area contributed by atoms with Gasteiger partial charge in [-0.15, -0.1) is 0 Å². The Morgan fingerprint density at radius 3 is 1.08 bits per heavy atom. The second-order valence-electron chi connectivity index (χ2n) is 12.4. The van der Waals surface area contributed by atoms with E-state index in [2.05, 4.69) is 127 Å². The molecule has 1 aliphatic carbocycles. The van der Waals surface area contributed by atoms with Crippen LogP contribution in [-0.4, -0.2) is 15.0 Å². The number of rotatable bonds is 6. The average molecular weight is 626 g/mol. The van der Waals surface area contributed by atoms with Gasteiger partial charge in [0, 0.05) is 16.7 Å². The molecule has 0 unspecified atom stereocenters. The summed E-state index contributed by atoms with van der Waals surface area (Å²) in [6, 6.07) is 66.4. The number of aromatic nitrogens is 3. The fourth-order valence-electron chi connectivity index (χ4n) is 7.39. The third-order valence-electron chi connectivity index (χ3n) is 9.62. The predicted octanol–water partition coefficient (Wildman–Crippen LogP) is 10.9. The quantitative estimate of drug-likeness (QED) is 0.185. The first kappa shape index (κ1) is 28.7. The van der Waals surface area contributed by atoms with Gasteiger partial charge in [0.05, 0.1) is 5.41 Å². The fraction of sp³-hybridized carbons (Fsp3) is 0.0217. The van der Waals surface area contributed by atoms with E-state index in [9.17, 15) is 0 Å². The molecule has 49 heavy (non-hydrogen) atoms. The minimum Gasteiger partial charge on any atom is -0.208 e. The SMILES string of the molecule is c1ccc(-c2ccc3c(c2)-c2cc(-c4nc(-c5ccccc5)nc(-c5ccccc5)n4)ccc2C3(c2ccccc2)c2ccccc2)cc1. The van der Waals surface area contributed by atoms with Crippen LogP contribution in [0.15, 0.2) is 188 Å². The molecule has 0 N–H and O–H groups in total. The van der Waals surface area contributed by atoms with Crippen molar-refractivity contribution in [3.05, 3.63) is 210 Å². The Balaban J connectivity index is 1.31. The number of hydrogen-bond acceptors (Lipinski definition) is 3. The van der Waals surface area contributed by atoms with Crippen LogP contribution in [0, 0.1) is 0 Å². The first-order valence-corrected chi connectivity index (χ1v) is 16.6. The van der Waals surface area contributed by atoms with Crippen LogP contribution >= 0.6 is 0 Å². The van der Waals surface area contributed by atoms with Crippen molar-refractivity contribution in [1.82, 2.24) is 15.0 Å². The summed E-state index contributed by atoms with van der Waals surface area (Å²) in [6.45, 7) is 0. The van der Waals surface area contributed by atoms with Crippen molar-refractivity contribution in [2.45, 2.75) is 5.41 Å². The zero-order valence-electron chi connectivity index (χ0n) is 26.7. The summed E-state index contributed by atoms with van der Waals surface area (Å²) in [7, 11) is 0. The van der Waals surface area contributed by atoms with Gasteiger partial charge in [-0.05, 0) is 56.6 Å². The molecule has 0 aliphatic heterocycles. The highest BCUT2D eigenvalue weighted by Gasteiger charge is 2.46. The van der Waals surface area contributed by atoms with E-state index in [1.165, 1.54) is 44.5 Å². The molecule has 0 radical (unpaired) electrons. The van der Waals surface area contributed by atoms with Crippen LogP contribution in [0.1, 0.15) is 22.3 Å². The summed E-state index contributed by atoms with van der Waals surface area (Å²) in [5.41, 5.74) is 12.1. The lowest BCUT2D eigenvalue weighted by molar-refractivity contribution is 0.768. The van der Waals surface area contributed by atoms with E-state index in [4.69, 9.17) is 15.0 Å². The maximum absolute atomic E-state index is 5.08. The third kappa shape index (κ3) is 4.87. The highest BCUT2D eigenvalue weighted by atomic mass is 15.0. The van der Waals surface area contributed by atoms with Gasteiger partial charge in [-0.1, -0.05) is 176 Å². The van der Waals surface area contributed by atoms with E-state index >= 15 is 0 Å². The molecule has 0 atom stereocenters. The lowest BCUT2D eigenvalue weighted by Gasteiger charge is -2.34. The van der Waals surface area contributed by atoms with Gasteiger partial charge in [0.1, 0.15) is 0 Å². The first-order chi connectivity index (χ1) is 24.3. The van der Waals surface area contributed by atoms with E-state index in [1.807, 2.05) is 60.7 Å². The van der Waals surface area contributed by atoms with Crippen molar-refractivity contribution in [2.24, 2.45) is 0 Å². The van der Waals surface area contributed by atoms with Crippen molar-refractivity contribution < 1.29 is 0 Å². The minimum atomic E-state index is -0.496. The first-order valence-electron chi connectivity index (χ1n) is 16.6. The molecule has 7 aromatic carbocycles. The van der Waals surface area contributed by atoms with Crippen molar-refractivity contribution in [2.75, 3.05) is 0 Å². The Hall–Kier alpha value is -6.45. The molecule has 9 rings (SSSR count). The molecule has 0 saturated heterocycles. The summed E-state index contributed by atoms with van der Waals surface area (Å²) in [6.07, 6.45) is 0. The van der Waals surface area contributed by atoms with Crippen molar-refractivity contribution >= 4 is 0 Å². The highest BCUT2D eigenvalue weighted by Crippen LogP contribution is 2.57. The predicted molar refractivity (Wildman–Crippen MR) is 199 cm³/mol.